The molecule has 0 bridgehead atoms. The average Bonchev–Trinajstić information content (AvgIpc) is 3.45. The number of carbonyl (C=O) groups is 2. The first-order valence-electron chi connectivity index (χ1n) is 12.2. The zero-order chi connectivity index (χ0) is 25.7. The van der Waals surface area contributed by atoms with E-state index in [1.165, 1.54) is 12.3 Å². The number of rotatable bonds is 5. The van der Waals surface area contributed by atoms with E-state index < -0.39 is 0 Å². The number of nitrogens with zero attached hydrogens (tertiary/aromatic N) is 3. The molecule has 0 radical (unpaired) electrons. The highest BCUT2D eigenvalue weighted by Gasteiger charge is 2.49. The van der Waals surface area contributed by atoms with Gasteiger partial charge >= 0.3 is 0 Å². The second-order valence-electron chi connectivity index (χ2n) is 9.67. The summed E-state index contributed by atoms with van der Waals surface area (Å²) < 4.78 is 7.61. The minimum Gasteiger partial charge on any atom is -0.507 e. The molecule has 6 rings (SSSR count). The molecule has 0 saturated carbocycles. The molecule has 2 aliphatic rings. The molecular formula is C28H26N4O5. The number of aromatic amines is 1. The molecule has 2 fully saturated rings. The van der Waals surface area contributed by atoms with Crippen molar-refractivity contribution < 1.29 is 19.4 Å². The van der Waals surface area contributed by atoms with Crippen LogP contribution in [-0.4, -0.2) is 61.9 Å². The Hall–Kier alpha value is -4.53. The molecule has 2 N–H and O–H groups in total. The van der Waals surface area contributed by atoms with Crippen LogP contribution < -0.4 is 10.3 Å². The van der Waals surface area contributed by atoms with Gasteiger partial charge in [-0.1, -0.05) is 30.3 Å². The summed E-state index contributed by atoms with van der Waals surface area (Å²) in [6, 6.07) is 16.0. The number of likely N-dealkylation sites (tertiary alicyclic amines) is 2. The van der Waals surface area contributed by atoms with Gasteiger partial charge in [0.15, 0.2) is 0 Å². The summed E-state index contributed by atoms with van der Waals surface area (Å²) in [5.74, 6) is 0.0903. The normalized spacial score (nSPS) is 18.5. The van der Waals surface area contributed by atoms with Crippen molar-refractivity contribution >= 4 is 22.7 Å². The van der Waals surface area contributed by atoms with E-state index in [1.54, 1.807) is 45.8 Å². The Balaban J connectivity index is 1.17. The van der Waals surface area contributed by atoms with Crippen LogP contribution in [0.4, 0.5) is 0 Å². The maximum Gasteiger partial charge on any atom is 0.257 e. The van der Waals surface area contributed by atoms with Crippen LogP contribution in [0.3, 0.4) is 0 Å². The Morgan fingerprint density at radius 1 is 1.03 bits per heavy atom. The maximum atomic E-state index is 13.4. The Kier molecular flexibility index (Phi) is 5.48. The molecule has 188 valence electrons. The Morgan fingerprint density at radius 2 is 1.84 bits per heavy atom. The summed E-state index contributed by atoms with van der Waals surface area (Å²) in [5, 5.41) is 10.9. The zero-order valence-corrected chi connectivity index (χ0v) is 20.3. The van der Waals surface area contributed by atoms with Crippen LogP contribution in [0, 0.1) is 5.92 Å². The van der Waals surface area contributed by atoms with Gasteiger partial charge in [0.2, 0.25) is 0 Å². The molecule has 37 heavy (non-hydrogen) atoms. The van der Waals surface area contributed by atoms with Crippen LogP contribution in [0.1, 0.15) is 26.3 Å². The van der Waals surface area contributed by atoms with Gasteiger partial charge in [-0.05, 0) is 29.8 Å². The molecule has 2 saturated heterocycles. The summed E-state index contributed by atoms with van der Waals surface area (Å²) in [5.41, 5.74) is 1.97. The third-order valence-electron chi connectivity index (χ3n) is 7.38. The highest BCUT2D eigenvalue weighted by Crippen LogP contribution is 2.36. The van der Waals surface area contributed by atoms with E-state index in [4.69, 9.17) is 4.74 Å². The number of aromatic nitrogens is 2. The van der Waals surface area contributed by atoms with Crippen molar-refractivity contribution in [3.63, 3.8) is 0 Å². The van der Waals surface area contributed by atoms with E-state index in [2.05, 4.69) is 4.98 Å². The molecule has 2 aliphatic heterocycles. The number of aromatic hydroxyl groups is 1. The first kappa shape index (κ1) is 22.9. The second kappa shape index (κ2) is 8.85. The smallest absolute Gasteiger partial charge is 0.257 e. The highest BCUT2D eigenvalue weighted by molar-refractivity contribution is 6.06. The average molecular weight is 499 g/mol. The van der Waals surface area contributed by atoms with E-state index >= 15 is 0 Å². The number of carbonyl (C=O) groups excluding carboxylic acids is 2. The van der Waals surface area contributed by atoms with Gasteiger partial charge in [-0.3, -0.25) is 14.4 Å². The van der Waals surface area contributed by atoms with E-state index in [0.29, 0.717) is 48.5 Å². The fourth-order valence-corrected chi connectivity index (χ4v) is 5.37. The minimum absolute atomic E-state index is 0.108. The number of benzene rings is 2. The van der Waals surface area contributed by atoms with Crippen LogP contribution >= 0.6 is 0 Å². The van der Waals surface area contributed by atoms with Crippen molar-refractivity contribution in [1.29, 1.82) is 0 Å². The lowest BCUT2D eigenvalue weighted by Crippen LogP contribution is -2.58. The molecule has 0 aliphatic carbocycles. The highest BCUT2D eigenvalue weighted by atomic mass is 16.5. The molecule has 2 atom stereocenters. The predicted octanol–water partition coefficient (Wildman–Crippen LogP) is 2.75. The van der Waals surface area contributed by atoms with Crippen LogP contribution in [0.5, 0.6) is 11.5 Å². The van der Waals surface area contributed by atoms with Crippen molar-refractivity contribution in [2.45, 2.75) is 12.6 Å². The van der Waals surface area contributed by atoms with Crippen molar-refractivity contribution in [3.05, 3.63) is 94.0 Å². The summed E-state index contributed by atoms with van der Waals surface area (Å²) in [7, 11) is 1.80. The Bertz CT molecular complexity index is 1570. The molecule has 9 heteroatoms. The number of ether oxygens (including phenoxy) is 1. The number of hydrogen-bond donors (Lipinski definition) is 2. The zero-order valence-electron chi connectivity index (χ0n) is 20.3. The van der Waals surface area contributed by atoms with Gasteiger partial charge in [-0.2, -0.15) is 0 Å². The molecule has 2 amide bonds. The number of fused-ring (bicyclic) bond motifs is 2. The van der Waals surface area contributed by atoms with Crippen molar-refractivity contribution in [2.75, 3.05) is 19.6 Å². The largest absolute Gasteiger partial charge is 0.507 e. The van der Waals surface area contributed by atoms with Gasteiger partial charge in [-0.15, -0.1) is 0 Å². The fraction of sp³-hybridized carbons (Fsp3) is 0.250. The number of phenolic OH excluding ortho intramolecular Hbond substituents is 1. The summed E-state index contributed by atoms with van der Waals surface area (Å²) in [4.78, 5) is 45.0. The Labute approximate surface area is 212 Å². The maximum absolute atomic E-state index is 13.4. The van der Waals surface area contributed by atoms with Crippen molar-refractivity contribution in [1.82, 2.24) is 19.4 Å². The van der Waals surface area contributed by atoms with Crippen LogP contribution in [0.25, 0.3) is 10.9 Å². The third kappa shape index (κ3) is 3.92. The molecule has 1 unspecified atom stereocenters. The first-order chi connectivity index (χ1) is 17.9. The van der Waals surface area contributed by atoms with Gasteiger partial charge in [-0.25, -0.2) is 0 Å². The first-order valence-corrected chi connectivity index (χ1v) is 12.2. The molecule has 0 spiro atoms. The lowest BCUT2D eigenvalue weighted by atomic mass is 9.91. The predicted molar refractivity (Wildman–Crippen MR) is 137 cm³/mol. The van der Waals surface area contributed by atoms with Gasteiger partial charge in [0.05, 0.1) is 28.1 Å². The van der Waals surface area contributed by atoms with Gasteiger partial charge in [0.1, 0.15) is 18.1 Å². The van der Waals surface area contributed by atoms with E-state index in [-0.39, 0.29) is 40.6 Å². The number of amides is 2. The molecule has 2 aromatic carbocycles. The number of hydrogen-bond acceptors (Lipinski definition) is 5. The molecule has 4 heterocycles. The molecule has 2 aromatic heterocycles. The van der Waals surface area contributed by atoms with Crippen LogP contribution in [-0.2, 0) is 13.7 Å². The number of aryl methyl sites for hydroxylation is 1. The third-order valence-corrected chi connectivity index (χ3v) is 7.38. The summed E-state index contributed by atoms with van der Waals surface area (Å²) in [6.45, 7) is 1.77. The lowest BCUT2D eigenvalue weighted by Gasteiger charge is -2.43. The van der Waals surface area contributed by atoms with Crippen molar-refractivity contribution in [3.8, 4) is 11.5 Å². The van der Waals surface area contributed by atoms with Gasteiger partial charge in [0.25, 0.3) is 17.4 Å². The van der Waals surface area contributed by atoms with Gasteiger partial charge in [0, 0.05) is 45.0 Å². The standard InChI is InChI=1S/C28H26N4O5/c1-30-10-9-20-25(30)22(12-29-26(20)34)28(36)32-14-18-13-31(15-23(18)32)27(35)21-11-19(7-8-24(21)33)37-16-17-5-3-2-4-6-17/h2-12,18,23,33H,13-16H2,1H3,(H,29,34)/t18?,23-/m0/s1. The molecular weight excluding hydrogens is 472 g/mol. The van der Waals surface area contributed by atoms with Crippen LogP contribution in [0.2, 0.25) is 0 Å². The van der Waals surface area contributed by atoms with E-state index in [1.807, 2.05) is 30.3 Å². The van der Waals surface area contributed by atoms with Gasteiger partial charge < -0.3 is 29.2 Å². The number of phenols is 1. The number of nitrogens with one attached hydrogen (secondary N) is 1. The summed E-state index contributed by atoms with van der Waals surface area (Å²) >= 11 is 0. The quantitative estimate of drug-likeness (QED) is 0.440. The van der Waals surface area contributed by atoms with E-state index in [0.717, 1.165) is 5.56 Å². The minimum atomic E-state index is -0.293. The monoisotopic (exact) mass is 498 g/mol. The fourth-order valence-electron chi connectivity index (χ4n) is 5.37. The second-order valence-corrected chi connectivity index (χ2v) is 9.67. The topological polar surface area (TPSA) is 108 Å². The van der Waals surface area contributed by atoms with E-state index in [9.17, 15) is 19.5 Å². The summed E-state index contributed by atoms with van der Waals surface area (Å²) in [6.07, 6.45) is 3.23. The van der Waals surface area contributed by atoms with Crippen LogP contribution in [0.15, 0.2) is 71.8 Å². The molecule has 4 aromatic rings. The lowest BCUT2D eigenvalue weighted by molar-refractivity contribution is 0.0327. The van der Waals surface area contributed by atoms with Crippen molar-refractivity contribution in [2.24, 2.45) is 13.0 Å². The molecule has 9 nitrogen and oxygen atoms in total. The number of pyridine rings is 1. The Morgan fingerprint density at radius 3 is 2.65 bits per heavy atom. The number of H-pyrrole nitrogens is 1. The SMILES string of the molecule is Cn1ccc2c(=O)[nH]cc(C(=O)N3CC4CN(C(=O)c5cc(OCc6ccccc6)ccc5O)C[C@@H]43)c21.